The van der Waals surface area contributed by atoms with Crippen molar-refractivity contribution < 1.29 is 22.0 Å². The van der Waals surface area contributed by atoms with E-state index in [-0.39, 0.29) is 32.1 Å². The van der Waals surface area contributed by atoms with Crippen LogP contribution in [0.1, 0.15) is 6.42 Å². The third-order valence-corrected chi connectivity index (χ3v) is 7.36. The molecule has 0 spiro atoms. The van der Waals surface area contributed by atoms with Gasteiger partial charge in [-0.25, -0.2) is 17.2 Å². The van der Waals surface area contributed by atoms with Crippen LogP contribution in [-0.4, -0.2) is 55.5 Å². The van der Waals surface area contributed by atoms with Crippen LogP contribution in [0.4, 0.5) is 8.78 Å². The lowest BCUT2D eigenvalue weighted by atomic mass is 10.3. The molecule has 0 atom stereocenters. The van der Waals surface area contributed by atoms with E-state index >= 15 is 0 Å². The minimum Gasteiger partial charge on any atom is -0.340 e. The van der Waals surface area contributed by atoms with Crippen LogP contribution in [0.25, 0.3) is 0 Å². The molecule has 0 saturated carbocycles. The Morgan fingerprint density at radius 1 is 1.00 bits per heavy atom. The number of carbonyl (C=O) groups excluding carboxylic acids is 1. The molecule has 0 unspecified atom stereocenters. The Labute approximate surface area is 167 Å². The predicted molar refractivity (Wildman–Crippen MR) is 103 cm³/mol. The highest BCUT2D eigenvalue weighted by Crippen LogP contribution is 2.22. The molecule has 2 aromatic carbocycles. The number of halogens is 2. The first-order valence-electron chi connectivity index (χ1n) is 8.79. The number of hydrogen-bond donors (Lipinski definition) is 0. The number of rotatable bonds is 6. The SMILES string of the molecule is O=C(CCSc1ccccc1)N1CCN(S(=O)(=O)c2cc(F)ccc2F)CC1. The maximum Gasteiger partial charge on any atom is 0.246 e. The first-order chi connectivity index (χ1) is 13.4. The summed E-state index contributed by atoms with van der Waals surface area (Å²) in [6.07, 6.45) is 0.352. The number of nitrogens with zero attached hydrogens (tertiary/aromatic N) is 2. The van der Waals surface area contributed by atoms with Crippen LogP contribution < -0.4 is 0 Å². The first kappa shape index (κ1) is 20.8. The molecule has 3 rings (SSSR count). The van der Waals surface area contributed by atoms with Crippen molar-refractivity contribution in [3.63, 3.8) is 0 Å². The van der Waals surface area contributed by atoms with Crippen molar-refractivity contribution in [1.29, 1.82) is 0 Å². The first-order valence-corrected chi connectivity index (χ1v) is 11.2. The molecule has 0 bridgehead atoms. The molecule has 1 amide bonds. The Kier molecular flexibility index (Phi) is 6.69. The molecule has 0 aliphatic carbocycles. The normalized spacial score (nSPS) is 15.6. The second-order valence-corrected chi connectivity index (χ2v) is 9.35. The summed E-state index contributed by atoms with van der Waals surface area (Å²) >= 11 is 1.59. The van der Waals surface area contributed by atoms with Crippen LogP contribution >= 0.6 is 11.8 Å². The molecule has 9 heteroatoms. The largest absolute Gasteiger partial charge is 0.340 e. The second kappa shape index (κ2) is 9.02. The van der Waals surface area contributed by atoms with Gasteiger partial charge in [-0.05, 0) is 30.3 Å². The molecule has 0 radical (unpaired) electrons. The third-order valence-electron chi connectivity index (χ3n) is 4.43. The van der Waals surface area contributed by atoms with E-state index in [0.29, 0.717) is 18.2 Å². The van der Waals surface area contributed by atoms with E-state index < -0.39 is 26.6 Å². The quantitative estimate of drug-likeness (QED) is 0.667. The van der Waals surface area contributed by atoms with E-state index in [0.717, 1.165) is 21.3 Å². The summed E-state index contributed by atoms with van der Waals surface area (Å²) in [5, 5.41) is 0. The van der Waals surface area contributed by atoms with E-state index in [9.17, 15) is 22.0 Å². The number of carbonyl (C=O) groups is 1. The lowest BCUT2D eigenvalue weighted by Gasteiger charge is -2.34. The van der Waals surface area contributed by atoms with E-state index in [2.05, 4.69) is 0 Å². The number of hydrogen-bond acceptors (Lipinski definition) is 4. The Bertz CT molecular complexity index is 931. The minimum absolute atomic E-state index is 0.0441. The van der Waals surface area contributed by atoms with Gasteiger partial charge in [0.25, 0.3) is 0 Å². The van der Waals surface area contributed by atoms with Crippen molar-refractivity contribution in [2.24, 2.45) is 0 Å². The molecule has 1 aliphatic heterocycles. The fourth-order valence-corrected chi connectivity index (χ4v) is 5.28. The van der Waals surface area contributed by atoms with Crippen molar-refractivity contribution in [2.45, 2.75) is 16.2 Å². The summed E-state index contributed by atoms with van der Waals surface area (Å²) in [6, 6.07) is 12.1. The van der Waals surface area contributed by atoms with Crippen LogP contribution in [-0.2, 0) is 14.8 Å². The lowest BCUT2D eigenvalue weighted by molar-refractivity contribution is -0.131. The van der Waals surface area contributed by atoms with Crippen LogP contribution in [0.5, 0.6) is 0 Å². The molecule has 150 valence electrons. The number of piperazine rings is 1. The van der Waals surface area contributed by atoms with Gasteiger partial charge in [-0.15, -0.1) is 11.8 Å². The van der Waals surface area contributed by atoms with Crippen LogP contribution in [0, 0.1) is 11.6 Å². The Balaban J connectivity index is 1.53. The van der Waals surface area contributed by atoms with Gasteiger partial charge >= 0.3 is 0 Å². The van der Waals surface area contributed by atoms with Gasteiger partial charge in [0.1, 0.15) is 16.5 Å². The molecule has 28 heavy (non-hydrogen) atoms. The topological polar surface area (TPSA) is 57.7 Å². The van der Waals surface area contributed by atoms with Crippen LogP contribution in [0.3, 0.4) is 0 Å². The molecular formula is C19H20F2N2O3S2. The van der Waals surface area contributed by atoms with Crippen LogP contribution in [0.2, 0.25) is 0 Å². The summed E-state index contributed by atoms with van der Waals surface area (Å²) in [6.45, 7) is 0.557. The number of benzene rings is 2. The summed E-state index contributed by atoms with van der Waals surface area (Å²) in [5.74, 6) is -1.21. The molecule has 1 heterocycles. The zero-order valence-electron chi connectivity index (χ0n) is 15.1. The van der Waals surface area contributed by atoms with E-state index in [1.54, 1.807) is 16.7 Å². The Morgan fingerprint density at radius 3 is 2.36 bits per heavy atom. The standard InChI is InChI=1S/C19H20F2N2O3S2/c20-15-6-7-17(21)18(14-15)28(25,26)23-11-9-22(10-12-23)19(24)8-13-27-16-4-2-1-3-5-16/h1-7,14H,8-13H2. The predicted octanol–water partition coefficient (Wildman–Crippen LogP) is 2.98. The summed E-state index contributed by atoms with van der Waals surface area (Å²) in [7, 11) is -4.14. The zero-order chi connectivity index (χ0) is 20.1. The molecular weight excluding hydrogens is 406 g/mol. The molecule has 0 N–H and O–H groups in total. The maximum atomic E-state index is 13.9. The number of amides is 1. The van der Waals surface area contributed by atoms with Gasteiger partial charge in [-0.2, -0.15) is 4.31 Å². The molecule has 1 fully saturated rings. The summed E-state index contributed by atoms with van der Waals surface area (Å²) < 4.78 is 53.5. The molecule has 2 aromatic rings. The van der Waals surface area contributed by atoms with Crippen molar-refractivity contribution in [3.8, 4) is 0 Å². The third kappa shape index (κ3) is 4.89. The van der Waals surface area contributed by atoms with Crippen molar-refractivity contribution in [3.05, 3.63) is 60.2 Å². The summed E-state index contributed by atoms with van der Waals surface area (Å²) in [4.78, 5) is 14.4. The van der Waals surface area contributed by atoms with Crippen molar-refractivity contribution in [1.82, 2.24) is 9.21 Å². The second-order valence-electron chi connectivity index (χ2n) is 6.27. The van der Waals surface area contributed by atoms with E-state index in [1.807, 2.05) is 30.3 Å². The van der Waals surface area contributed by atoms with Gasteiger partial charge in [0.05, 0.1) is 0 Å². The highest BCUT2D eigenvalue weighted by Gasteiger charge is 2.32. The van der Waals surface area contributed by atoms with Gasteiger partial charge in [-0.3, -0.25) is 4.79 Å². The van der Waals surface area contributed by atoms with Crippen molar-refractivity contribution in [2.75, 3.05) is 31.9 Å². The maximum absolute atomic E-state index is 13.9. The molecule has 1 aliphatic rings. The van der Waals surface area contributed by atoms with Gasteiger partial charge in [0, 0.05) is 43.2 Å². The smallest absolute Gasteiger partial charge is 0.246 e. The van der Waals surface area contributed by atoms with Crippen LogP contribution in [0.15, 0.2) is 58.3 Å². The molecule has 5 nitrogen and oxygen atoms in total. The molecule has 1 saturated heterocycles. The highest BCUT2D eigenvalue weighted by atomic mass is 32.2. The van der Waals surface area contributed by atoms with Gasteiger partial charge in [-0.1, -0.05) is 18.2 Å². The average molecular weight is 427 g/mol. The van der Waals surface area contributed by atoms with E-state index in [1.165, 1.54) is 0 Å². The summed E-state index contributed by atoms with van der Waals surface area (Å²) in [5.41, 5.74) is 0. The zero-order valence-corrected chi connectivity index (χ0v) is 16.7. The Hall–Kier alpha value is -1.97. The highest BCUT2D eigenvalue weighted by molar-refractivity contribution is 7.99. The number of thioether (sulfide) groups is 1. The van der Waals surface area contributed by atoms with Gasteiger partial charge in [0.15, 0.2) is 0 Å². The Morgan fingerprint density at radius 2 is 1.68 bits per heavy atom. The number of sulfonamides is 1. The fraction of sp³-hybridized carbons (Fsp3) is 0.316. The van der Waals surface area contributed by atoms with Crippen molar-refractivity contribution >= 4 is 27.7 Å². The average Bonchev–Trinajstić information content (AvgIpc) is 2.70. The monoisotopic (exact) mass is 426 g/mol. The van der Waals surface area contributed by atoms with Gasteiger partial charge in [0.2, 0.25) is 15.9 Å². The fourth-order valence-electron chi connectivity index (χ4n) is 2.92. The molecule has 0 aromatic heterocycles. The van der Waals surface area contributed by atoms with E-state index in [4.69, 9.17) is 0 Å². The minimum atomic E-state index is -4.14. The van der Waals surface area contributed by atoms with Gasteiger partial charge < -0.3 is 4.90 Å². The lowest BCUT2D eigenvalue weighted by Crippen LogP contribution is -2.50.